The maximum atomic E-state index is 11.4. The van der Waals surface area contributed by atoms with E-state index >= 15 is 0 Å². The van der Waals surface area contributed by atoms with Crippen LogP contribution in [0.25, 0.3) is 21.9 Å². The van der Waals surface area contributed by atoms with Crippen molar-refractivity contribution in [1.82, 2.24) is 10.3 Å². The normalized spacial score (nSPS) is 11.1. The molecule has 0 aliphatic carbocycles. The van der Waals surface area contributed by atoms with E-state index in [2.05, 4.69) is 10.3 Å². The maximum absolute atomic E-state index is 11.4. The summed E-state index contributed by atoms with van der Waals surface area (Å²) >= 11 is 0. The number of fused-ring (bicyclic) bond motifs is 3. The quantitative estimate of drug-likeness (QED) is 0.749. The van der Waals surface area contributed by atoms with Gasteiger partial charge in [-0.2, -0.15) is 0 Å². The number of furan rings is 1. The molecule has 0 unspecified atom stereocenters. The number of carbonyl (C=O) groups is 1. The summed E-state index contributed by atoms with van der Waals surface area (Å²) in [6, 6.07) is 7.11. The third kappa shape index (κ3) is 2.07. The van der Waals surface area contributed by atoms with Crippen LogP contribution in [-0.2, 0) is 11.3 Å². The number of aromatic nitrogens is 1. The van der Waals surface area contributed by atoms with Crippen LogP contribution in [0.1, 0.15) is 18.2 Å². The van der Waals surface area contributed by atoms with Crippen LogP contribution in [0.15, 0.2) is 33.5 Å². The lowest BCUT2D eigenvalue weighted by Crippen LogP contribution is -2.18. The molecule has 0 atom stereocenters. The lowest BCUT2D eigenvalue weighted by Gasteiger charge is -2.02. The SMILES string of the molecule is CC(=O)NCc1cc2cc(C)c3[nH]c(=O)ccc3c2o1. The van der Waals surface area contributed by atoms with Gasteiger partial charge < -0.3 is 14.7 Å². The van der Waals surface area contributed by atoms with E-state index in [4.69, 9.17) is 4.42 Å². The zero-order chi connectivity index (χ0) is 14.3. The number of amides is 1. The van der Waals surface area contributed by atoms with Crippen molar-refractivity contribution in [3.63, 3.8) is 0 Å². The molecule has 0 saturated heterocycles. The second-order valence-corrected chi connectivity index (χ2v) is 4.85. The van der Waals surface area contributed by atoms with Crippen LogP contribution in [0.4, 0.5) is 0 Å². The Kier molecular flexibility index (Phi) is 2.82. The molecule has 2 aromatic heterocycles. The molecule has 3 aromatic rings. The summed E-state index contributed by atoms with van der Waals surface area (Å²) in [4.78, 5) is 25.2. The second-order valence-electron chi connectivity index (χ2n) is 4.85. The van der Waals surface area contributed by atoms with Gasteiger partial charge in [-0.15, -0.1) is 0 Å². The van der Waals surface area contributed by atoms with E-state index in [1.165, 1.54) is 13.0 Å². The Morgan fingerprint density at radius 1 is 1.35 bits per heavy atom. The molecule has 0 spiro atoms. The summed E-state index contributed by atoms with van der Waals surface area (Å²) in [5, 5.41) is 4.53. The van der Waals surface area contributed by atoms with E-state index in [9.17, 15) is 9.59 Å². The summed E-state index contributed by atoms with van der Waals surface area (Å²) in [5.41, 5.74) is 2.36. The highest BCUT2D eigenvalue weighted by Gasteiger charge is 2.10. The topological polar surface area (TPSA) is 75.1 Å². The molecule has 0 saturated carbocycles. The second kappa shape index (κ2) is 4.52. The predicted octanol–water partition coefficient (Wildman–Crippen LogP) is 2.22. The molecule has 0 fully saturated rings. The molecule has 0 aliphatic rings. The van der Waals surface area contributed by atoms with Gasteiger partial charge >= 0.3 is 0 Å². The summed E-state index contributed by atoms with van der Waals surface area (Å²) in [7, 11) is 0. The number of benzene rings is 1. The van der Waals surface area contributed by atoms with Gasteiger partial charge in [-0.1, -0.05) is 0 Å². The van der Waals surface area contributed by atoms with Gasteiger partial charge in [-0.3, -0.25) is 9.59 Å². The number of hydrogen-bond donors (Lipinski definition) is 2. The first-order chi connectivity index (χ1) is 9.54. The predicted molar refractivity (Wildman–Crippen MR) is 76.6 cm³/mol. The summed E-state index contributed by atoms with van der Waals surface area (Å²) < 4.78 is 5.79. The largest absolute Gasteiger partial charge is 0.458 e. The van der Waals surface area contributed by atoms with Gasteiger partial charge in [0.1, 0.15) is 11.3 Å². The Bertz CT molecular complexity index is 874. The molecule has 102 valence electrons. The molecule has 1 amide bonds. The number of carbonyl (C=O) groups excluding carboxylic acids is 1. The fraction of sp³-hybridized carbons (Fsp3) is 0.200. The van der Waals surface area contributed by atoms with Gasteiger partial charge in [0.2, 0.25) is 11.5 Å². The van der Waals surface area contributed by atoms with Crippen LogP contribution >= 0.6 is 0 Å². The average molecular weight is 270 g/mol. The molecule has 2 heterocycles. The van der Waals surface area contributed by atoms with Gasteiger partial charge in [0.05, 0.1) is 12.1 Å². The molecule has 0 radical (unpaired) electrons. The molecule has 5 heteroatoms. The first-order valence-corrected chi connectivity index (χ1v) is 6.34. The lowest BCUT2D eigenvalue weighted by atomic mass is 10.1. The smallest absolute Gasteiger partial charge is 0.248 e. The number of H-pyrrole nitrogens is 1. The van der Waals surface area contributed by atoms with E-state index in [0.29, 0.717) is 12.3 Å². The van der Waals surface area contributed by atoms with Crippen molar-refractivity contribution in [1.29, 1.82) is 0 Å². The molecule has 20 heavy (non-hydrogen) atoms. The third-order valence-corrected chi connectivity index (χ3v) is 3.25. The Morgan fingerprint density at radius 3 is 2.90 bits per heavy atom. The van der Waals surface area contributed by atoms with Crippen LogP contribution in [0, 0.1) is 6.92 Å². The van der Waals surface area contributed by atoms with Crippen molar-refractivity contribution in [2.24, 2.45) is 0 Å². The van der Waals surface area contributed by atoms with Gasteiger partial charge in [0, 0.05) is 23.8 Å². The first-order valence-electron chi connectivity index (χ1n) is 6.34. The molecular formula is C15H14N2O3. The zero-order valence-electron chi connectivity index (χ0n) is 11.2. The number of nitrogens with one attached hydrogen (secondary N) is 2. The Hall–Kier alpha value is -2.56. The minimum absolute atomic E-state index is 0.101. The number of hydrogen-bond acceptors (Lipinski definition) is 3. The highest BCUT2D eigenvalue weighted by Crippen LogP contribution is 2.29. The molecule has 0 bridgehead atoms. The minimum atomic E-state index is -0.134. The van der Waals surface area contributed by atoms with Gasteiger partial charge in [-0.05, 0) is 30.7 Å². The van der Waals surface area contributed by atoms with E-state index in [1.54, 1.807) is 6.07 Å². The van der Waals surface area contributed by atoms with Crippen molar-refractivity contribution in [2.75, 3.05) is 0 Å². The molecular weight excluding hydrogens is 256 g/mol. The van der Waals surface area contributed by atoms with Crippen molar-refractivity contribution in [3.8, 4) is 0 Å². The number of pyridine rings is 1. The standard InChI is InChI=1S/C15H14N2O3/c1-8-5-10-6-11(7-16-9(2)18)20-15(10)12-3-4-13(19)17-14(8)12/h3-6H,7H2,1-2H3,(H,16,18)(H,17,19). The fourth-order valence-corrected chi connectivity index (χ4v) is 2.36. The maximum Gasteiger partial charge on any atom is 0.248 e. The van der Waals surface area contributed by atoms with E-state index < -0.39 is 0 Å². The lowest BCUT2D eigenvalue weighted by molar-refractivity contribution is -0.119. The van der Waals surface area contributed by atoms with Crippen molar-refractivity contribution in [3.05, 3.63) is 45.9 Å². The molecule has 5 nitrogen and oxygen atoms in total. The summed E-state index contributed by atoms with van der Waals surface area (Å²) in [6.07, 6.45) is 0. The van der Waals surface area contributed by atoms with E-state index in [1.807, 2.05) is 19.1 Å². The van der Waals surface area contributed by atoms with Crippen molar-refractivity contribution < 1.29 is 9.21 Å². The van der Waals surface area contributed by atoms with Gasteiger partial charge in [-0.25, -0.2) is 0 Å². The highest BCUT2D eigenvalue weighted by molar-refractivity contribution is 6.04. The van der Waals surface area contributed by atoms with Crippen LogP contribution < -0.4 is 10.9 Å². The molecule has 1 aromatic carbocycles. The van der Waals surface area contributed by atoms with Crippen molar-refractivity contribution in [2.45, 2.75) is 20.4 Å². The Labute approximate surface area is 114 Å². The summed E-state index contributed by atoms with van der Waals surface area (Å²) in [5.74, 6) is 0.587. The van der Waals surface area contributed by atoms with Crippen LogP contribution in [0.3, 0.4) is 0 Å². The monoisotopic (exact) mass is 270 g/mol. The van der Waals surface area contributed by atoms with Crippen molar-refractivity contribution >= 4 is 27.8 Å². The molecule has 2 N–H and O–H groups in total. The van der Waals surface area contributed by atoms with Gasteiger partial charge in [0.25, 0.3) is 0 Å². The van der Waals surface area contributed by atoms with Gasteiger partial charge in [0.15, 0.2) is 0 Å². The Morgan fingerprint density at radius 2 is 2.15 bits per heavy atom. The van der Waals surface area contributed by atoms with E-state index in [-0.39, 0.29) is 11.5 Å². The molecule has 3 rings (SSSR count). The number of rotatable bonds is 2. The van der Waals surface area contributed by atoms with E-state index in [0.717, 1.165) is 27.4 Å². The molecule has 0 aliphatic heterocycles. The zero-order valence-corrected chi connectivity index (χ0v) is 11.2. The number of aromatic amines is 1. The van der Waals surface area contributed by atoms with Crippen LogP contribution in [0.2, 0.25) is 0 Å². The fourth-order valence-electron chi connectivity index (χ4n) is 2.36. The van der Waals surface area contributed by atoms with Crippen LogP contribution in [-0.4, -0.2) is 10.9 Å². The average Bonchev–Trinajstić information content (AvgIpc) is 2.79. The number of aryl methyl sites for hydroxylation is 1. The Balaban J connectivity index is 2.20. The highest BCUT2D eigenvalue weighted by atomic mass is 16.3. The third-order valence-electron chi connectivity index (χ3n) is 3.25. The minimum Gasteiger partial charge on any atom is -0.458 e. The first kappa shape index (κ1) is 12.5. The van der Waals surface area contributed by atoms with Crippen LogP contribution in [0.5, 0.6) is 0 Å². The summed E-state index contributed by atoms with van der Waals surface area (Å²) in [6.45, 7) is 3.76.